The van der Waals surface area contributed by atoms with Crippen LogP contribution in [0.2, 0.25) is 0 Å². The van der Waals surface area contributed by atoms with Crippen molar-refractivity contribution in [2.24, 2.45) is 0 Å². The standard InChI is InChI=1S/C56H37N3/c1-5-15-38(16-6-1)42-26-29-53-50(35-42)51-36-43(39-17-7-2-8-18-39)27-30-54(51)58(53)46-33-44(40-19-9-3-10-20-40)34-47(37-46)59-52-24-14-13-23-48(52)49-28-25-41-31-32-57(55(41)56(49)59)45-21-11-4-12-22-45/h1-37H. The predicted octanol–water partition coefficient (Wildman–Crippen LogP) is 14.8. The molecule has 3 aromatic heterocycles. The Hall–Kier alpha value is -7.88. The Morgan fingerprint density at radius 3 is 1.37 bits per heavy atom. The molecular weight excluding hydrogens is 715 g/mol. The number of aromatic nitrogens is 3. The third-order valence-corrected chi connectivity index (χ3v) is 12.0. The average molecular weight is 752 g/mol. The summed E-state index contributed by atoms with van der Waals surface area (Å²) in [5.74, 6) is 0. The van der Waals surface area contributed by atoms with Crippen molar-refractivity contribution in [1.82, 2.24) is 13.7 Å². The third-order valence-electron chi connectivity index (χ3n) is 12.0. The molecule has 0 aliphatic carbocycles. The van der Waals surface area contributed by atoms with Crippen LogP contribution >= 0.6 is 0 Å². The van der Waals surface area contributed by atoms with Crippen molar-refractivity contribution in [1.29, 1.82) is 0 Å². The van der Waals surface area contributed by atoms with E-state index >= 15 is 0 Å². The summed E-state index contributed by atoms with van der Waals surface area (Å²) < 4.78 is 7.31. The number of nitrogens with zero attached hydrogens (tertiary/aromatic N) is 3. The highest BCUT2D eigenvalue weighted by molar-refractivity contribution is 6.18. The van der Waals surface area contributed by atoms with E-state index in [-0.39, 0.29) is 0 Å². The molecule has 0 amide bonds. The molecule has 276 valence electrons. The van der Waals surface area contributed by atoms with E-state index in [9.17, 15) is 0 Å². The Kier molecular flexibility index (Phi) is 7.54. The van der Waals surface area contributed by atoms with Gasteiger partial charge in [0.25, 0.3) is 0 Å². The summed E-state index contributed by atoms with van der Waals surface area (Å²) in [7, 11) is 0. The lowest BCUT2D eigenvalue weighted by molar-refractivity contribution is 1.11. The van der Waals surface area contributed by atoms with Crippen LogP contribution < -0.4 is 0 Å². The Labute approximate surface area is 341 Å². The van der Waals surface area contributed by atoms with Gasteiger partial charge in [-0.3, -0.25) is 0 Å². The minimum Gasteiger partial charge on any atom is -0.315 e. The molecule has 0 unspecified atom stereocenters. The van der Waals surface area contributed by atoms with Crippen LogP contribution in [0.4, 0.5) is 0 Å². The van der Waals surface area contributed by atoms with Crippen molar-refractivity contribution in [3.63, 3.8) is 0 Å². The van der Waals surface area contributed by atoms with Crippen molar-refractivity contribution in [3.05, 3.63) is 225 Å². The van der Waals surface area contributed by atoms with Crippen molar-refractivity contribution in [2.45, 2.75) is 0 Å². The van der Waals surface area contributed by atoms with Gasteiger partial charge in [0.2, 0.25) is 0 Å². The molecule has 0 spiro atoms. The molecule has 0 aliphatic rings. The molecule has 12 rings (SSSR count). The van der Waals surface area contributed by atoms with Crippen LogP contribution in [-0.4, -0.2) is 13.7 Å². The number of rotatable bonds is 6. The van der Waals surface area contributed by atoms with Gasteiger partial charge >= 0.3 is 0 Å². The first-order valence-corrected chi connectivity index (χ1v) is 20.3. The second-order valence-electron chi connectivity index (χ2n) is 15.4. The molecule has 9 aromatic carbocycles. The highest BCUT2D eigenvalue weighted by Gasteiger charge is 2.21. The van der Waals surface area contributed by atoms with Gasteiger partial charge in [0.05, 0.1) is 27.6 Å². The maximum Gasteiger partial charge on any atom is 0.0788 e. The molecule has 0 bridgehead atoms. The fourth-order valence-electron chi connectivity index (χ4n) is 9.32. The summed E-state index contributed by atoms with van der Waals surface area (Å²) in [6.45, 7) is 0. The van der Waals surface area contributed by atoms with Crippen LogP contribution in [0, 0.1) is 0 Å². The van der Waals surface area contributed by atoms with Crippen LogP contribution in [0.3, 0.4) is 0 Å². The zero-order valence-corrected chi connectivity index (χ0v) is 32.2. The van der Waals surface area contributed by atoms with Crippen molar-refractivity contribution >= 4 is 54.5 Å². The predicted molar refractivity (Wildman–Crippen MR) is 248 cm³/mol. The molecule has 0 atom stereocenters. The van der Waals surface area contributed by atoms with E-state index in [4.69, 9.17) is 0 Å². The zero-order chi connectivity index (χ0) is 38.9. The number of fused-ring (bicyclic) bond motifs is 8. The van der Waals surface area contributed by atoms with E-state index in [1.165, 1.54) is 82.3 Å². The van der Waals surface area contributed by atoms with Gasteiger partial charge in [-0.1, -0.05) is 152 Å². The Morgan fingerprint density at radius 1 is 0.254 bits per heavy atom. The topological polar surface area (TPSA) is 14.8 Å². The molecule has 0 radical (unpaired) electrons. The zero-order valence-electron chi connectivity index (χ0n) is 32.2. The number of hydrogen-bond acceptors (Lipinski definition) is 0. The van der Waals surface area contributed by atoms with Crippen LogP contribution in [0.25, 0.3) is 105 Å². The van der Waals surface area contributed by atoms with Crippen LogP contribution in [0.1, 0.15) is 0 Å². The van der Waals surface area contributed by atoms with Gasteiger partial charge in [-0.15, -0.1) is 0 Å². The number of hydrogen-bond donors (Lipinski definition) is 0. The highest BCUT2D eigenvalue weighted by atomic mass is 15.0. The van der Waals surface area contributed by atoms with Crippen molar-refractivity contribution in [3.8, 4) is 50.4 Å². The lowest BCUT2D eigenvalue weighted by Crippen LogP contribution is -2.01. The van der Waals surface area contributed by atoms with E-state index < -0.39 is 0 Å². The van der Waals surface area contributed by atoms with E-state index in [1.54, 1.807) is 0 Å². The van der Waals surface area contributed by atoms with E-state index in [1.807, 2.05) is 0 Å². The minimum atomic E-state index is 1.11. The molecule has 0 fully saturated rings. The molecule has 0 saturated heterocycles. The third kappa shape index (κ3) is 5.36. The molecule has 12 aromatic rings. The van der Waals surface area contributed by atoms with Gasteiger partial charge in [0, 0.05) is 50.2 Å². The molecule has 0 aliphatic heterocycles. The summed E-state index contributed by atoms with van der Waals surface area (Å²) in [6.07, 6.45) is 2.21. The largest absolute Gasteiger partial charge is 0.315 e. The highest BCUT2D eigenvalue weighted by Crippen LogP contribution is 2.42. The van der Waals surface area contributed by atoms with Gasteiger partial charge in [-0.2, -0.15) is 0 Å². The molecule has 3 heterocycles. The number of benzene rings is 9. The van der Waals surface area contributed by atoms with Crippen LogP contribution in [0.5, 0.6) is 0 Å². The van der Waals surface area contributed by atoms with Crippen molar-refractivity contribution < 1.29 is 0 Å². The van der Waals surface area contributed by atoms with Gasteiger partial charge in [-0.25, -0.2) is 0 Å². The normalized spacial score (nSPS) is 11.7. The first-order chi connectivity index (χ1) is 29.3. The monoisotopic (exact) mass is 751 g/mol. The van der Waals surface area contributed by atoms with Gasteiger partial charge < -0.3 is 13.7 Å². The molecular formula is C56H37N3. The van der Waals surface area contributed by atoms with Crippen LogP contribution in [-0.2, 0) is 0 Å². The fraction of sp³-hybridized carbons (Fsp3) is 0. The quantitative estimate of drug-likeness (QED) is 0.161. The average Bonchev–Trinajstić information content (AvgIpc) is 4.00. The SMILES string of the molecule is c1ccc(-c2cc(-n3c4ccc(-c5ccccc5)cc4c4cc(-c5ccccc5)ccc43)cc(-n3c4ccccc4c4ccc5ccn(-c6ccccc6)c5c43)c2)cc1. The Bertz CT molecular complexity index is 3420. The fourth-order valence-corrected chi connectivity index (χ4v) is 9.32. The molecule has 0 saturated carbocycles. The summed E-state index contributed by atoms with van der Waals surface area (Å²) in [5.41, 5.74) is 16.4. The van der Waals surface area contributed by atoms with Crippen LogP contribution in [0.15, 0.2) is 225 Å². The van der Waals surface area contributed by atoms with Gasteiger partial charge in [0.1, 0.15) is 0 Å². The van der Waals surface area contributed by atoms with Crippen molar-refractivity contribution in [2.75, 3.05) is 0 Å². The van der Waals surface area contributed by atoms with E-state index in [0.29, 0.717) is 0 Å². The van der Waals surface area contributed by atoms with Gasteiger partial charge in [0.15, 0.2) is 0 Å². The first kappa shape index (κ1) is 33.3. The molecule has 3 nitrogen and oxygen atoms in total. The number of para-hydroxylation sites is 2. The van der Waals surface area contributed by atoms with E-state index in [2.05, 4.69) is 238 Å². The second-order valence-corrected chi connectivity index (χ2v) is 15.4. The minimum absolute atomic E-state index is 1.11. The lowest BCUT2D eigenvalue weighted by atomic mass is 10.0. The Morgan fingerprint density at radius 2 is 0.763 bits per heavy atom. The summed E-state index contributed by atoms with van der Waals surface area (Å²) in [4.78, 5) is 0. The Balaban J connectivity index is 1.18. The van der Waals surface area contributed by atoms with Gasteiger partial charge in [-0.05, 0) is 100 Å². The summed E-state index contributed by atoms with van der Waals surface area (Å²) in [6, 6.07) is 79.6. The summed E-state index contributed by atoms with van der Waals surface area (Å²) in [5, 5.41) is 6.12. The first-order valence-electron chi connectivity index (χ1n) is 20.3. The molecule has 3 heteroatoms. The summed E-state index contributed by atoms with van der Waals surface area (Å²) >= 11 is 0. The second kappa shape index (κ2) is 13.4. The smallest absolute Gasteiger partial charge is 0.0788 e. The maximum absolute atomic E-state index is 2.50. The molecule has 0 N–H and O–H groups in total. The van der Waals surface area contributed by atoms with E-state index in [0.717, 1.165) is 22.6 Å². The maximum atomic E-state index is 2.50. The molecule has 59 heavy (non-hydrogen) atoms. The lowest BCUT2D eigenvalue weighted by Gasteiger charge is -2.17.